The van der Waals surface area contributed by atoms with E-state index in [4.69, 9.17) is 6.42 Å². The van der Waals surface area contributed by atoms with Crippen LogP contribution in [0.15, 0.2) is 4.99 Å². The van der Waals surface area contributed by atoms with Gasteiger partial charge in [0.15, 0.2) is 11.8 Å². The Morgan fingerprint density at radius 3 is 3.06 bits per heavy atom. The van der Waals surface area contributed by atoms with E-state index < -0.39 is 0 Å². The number of rotatable bonds is 3. The lowest BCUT2D eigenvalue weighted by Crippen LogP contribution is -2.37. The average Bonchev–Trinajstić information content (AvgIpc) is 2.93. The number of aliphatic imine (C=N–C) groups is 1. The van der Waals surface area contributed by atoms with E-state index >= 15 is 0 Å². The van der Waals surface area contributed by atoms with Gasteiger partial charge in [-0.2, -0.15) is 0 Å². The van der Waals surface area contributed by atoms with Gasteiger partial charge in [0.05, 0.1) is 13.1 Å². The quantitative estimate of drug-likeness (QED) is 0.348. The molecule has 0 spiro atoms. The van der Waals surface area contributed by atoms with E-state index in [1.54, 1.807) is 7.05 Å². The molecule has 1 aliphatic rings. The van der Waals surface area contributed by atoms with Crippen molar-refractivity contribution < 1.29 is 0 Å². The average molecular weight is 360 g/mol. The molecule has 2 N–H and O–H groups in total. The Balaban J connectivity index is 0.00000162. The summed E-state index contributed by atoms with van der Waals surface area (Å²) in [6, 6.07) is 0. The minimum Gasteiger partial charge on any atom is -0.349 e. The molecule has 0 unspecified atom stereocenters. The maximum Gasteiger partial charge on any atom is 0.192 e. The second-order valence-corrected chi connectivity index (χ2v) is 3.77. The minimum absolute atomic E-state index is 0. The highest BCUT2D eigenvalue weighted by Crippen LogP contribution is 2.13. The molecule has 0 bridgehead atoms. The molecule has 98 valence electrons. The van der Waals surface area contributed by atoms with Crippen LogP contribution in [-0.4, -0.2) is 34.3 Å². The van der Waals surface area contributed by atoms with Crippen molar-refractivity contribution >= 4 is 29.9 Å². The number of guanidine groups is 1. The first-order chi connectivity index (χ1) is 8.35. The predicted octanol–water partition coefficient (Wildman–Crippen LogP) is 0.140. The molecule has 0 atom stereocenters. The van der Waals surface area contributed by atoms with E-state index in [2.05, 4.69) is 36.3 Å². The van der Waals surface area contributed by atoms with Crippen molar-refractivity contribution in [2.75, 3.05) is 13.6 Å². The van der Waals surface area contributed by atoms with Gasteiger partial charge in [0.2, 0.25) is 0 Å². The number of fused-ring (bicyclic) bond motifs is 1. The van der Waals surface area contributed by atoms with Gasteiger partial charge in [0, 0.05) is 20.0 Å². The van der Waals surface area contributed by atoms with Gasteiger partial charge in [0.1, 0.15) is 5.82 Å². The van der Waals surface area contributed by atoms with Crippen LogP contribution in [0.4, 0.5) is 0 Å². The van der Waals surface area contributed by atoms with Gasteiger partial charge < -0.3 is 15.2 Å². The van der Waals surface area contributed by atoms with Crippen LogP contribution in [0, 0.1) is 12.3 Å². The molecule has 7 heteroatoms. The lowest BCUT2D eigenvalue weighted by Gasteiger charge is -2.09. The Morgan fingerprint density at radius 2 is 2.33 bits per heavy atom. The maximum absolute atomic E-state index is 5.17. The van der Waals surface area contributed by atoms with E-state index in [-0.39, 0.29) is 24.0 Å². The highest BCUT2D eigenvalue weighted by Gasteiger charge is 2.16. The monoisotopic (exact) mass is 360 g/mol. The zero-order valence-electron chi connectivity index (χ0n) is 10.3. The number of nitrogens with zero attached hydrogens (tertiary/aromatic N) is 4. The number of hydrogen-bond donors (Lipinski definition) is 2. The zero-order valence-corrected chi connectivity index (χ0v) is 12.6. The van der Waals surface area contributed by atoms with E-state index in [1.165, 1.54) is 0 Å². The summed E-state index contributed by atoms with van der Waals surface area (Å²) in [4.78, 5) is 4.06. The van der Waals surface area contributed by atoms with Gasteiger partial charge in [-0.25, -0.2) is 0 Å². The highest BCUT2D eigenvalue weighted by molar-refractivity contribution is 14.0. The molecule has 0 aliphatic carbocycles. The lowest BCUT2D eigenvalue weighted by molar-refractivity contribution is 0.665. The fourth-order valence-electron chi connectivity index (χ4n) is 1.86. The van der Waals surface area contributed by atoms with Crippen LogP contribution in [0.5, 0.6) is 0 Å². The van der Waals surface area contributed by atoms with Crippen LogP contribution in [0.25, 0.3) is 0 Å². The van der Waals surface area contributed by atoms with E-state index in [9.17, 15) is 0 Å². The molecule has 2 heterocycles. The summed E-state index contributed by atoms with van der Waals surface area (Å²) in [5.74, 6) is 5.20. The van der Waals surface area contributed by atoms with Crippen LogP contribution >= 0.6 is 24.0 Å². The molecule has 0 saturated heterocycles. The molecular formula is C11H17IN6. The van der Waals surface area contributed by atoms with E-state index in [0.717, 1.165) is 31.0 Å². The molecule has 1 aromatic heterocycles. The van der Waals surface area contributed by atoms with Gasteiger partial charge in [0.25, 0.3) is 0 Å². The van der Waals surface area contributed by atoms with Crippen molar-refractivity contribution in [2.45, 2.75) is 25.9 Å². The SMILES string of the molecule is C#CCNC(=NC)NCc1nnc2n1CCC2.I. The van der Waals surface area contributed by atoms with Gasteiger partial charge in [-0.15, -0.1) is 40.6 Å². The number of nitrogens with one attached hydrogen (secondary N) is 2. The molecule has 0 fully saturated rings. The Labute approximate surface area is 124 Å². The Kier molecular flexibility index (Phi) is 5.91. The smallest absolute Gasteiger partial charge is 0.192 e. The Hall–Kier alpha value is -1.30. The molecule has 6 nitrogen and oxygen atoms in total. The van der Waals surface area contributed by atoms with Crippen LogP contribution in [0.1, 0.15) is 18.1 Å². The molecule has 2 rings (SSSR count). The molecule has 0 saturated carbocycles. The molecule has 0 amide bonds. The van der Waals surface area contributed by atoms with Gasteiger partial charge in [-0.05, 0) is 6.42 Å². The van der Waals surface area contributed by atoms with Crippen LogP contribution in [0.2, 0.25) is 0 Å². The molecule has 1 aliphatic heterocycles. The second kappa shape index (κ2) is 7.20. The summed E-state index contributed by atoms with van der Waals surface area (Å²) in [6.07, 6.45) is 7.35. The zero-order chi connectivity index (χ0) is 12.1. The molecule has 1 aromatic rings. The fourth-order valence-corrected chi connectivity index (χ4v) is 1.86. The third kappa shape index (κ3) is 3.35. The Morgan fingerprint density at radius 1 is 1.50 bits per heavy atom. The summed E-state index contributed by atoms with van der Waals surface area (Å²) >= 11 is 0. The molecule has 18 heavy (non-hydrogen) atoms. The van der Waals surface area contributed by atoms with E-state index in [0.29, 0.717) is 19.0 Å². The standard InChI is InChI=1S/C11H16N6.HI/c1-3-6-13-11(12-2)14-8-10-16-15-9-5-4-7-17(9)10;/h1H,4-8H2,2H3,(H2,12,13,14);1H. The van der Waals surface area contributed by atoms with Crippen molar-refractivity contribution in [1.29, 1.82) is 0 Å². The van der Waals surface area contributed by atoms with Crippen LogP contribution in [0.3, 0.4) is 0 Å². The second-order valence-electron chi connectivity index (χ2n) is 3.77. The number of aromatic nitrogens is 3. The number of hydrogen-bond acceptors (Lipinski definition) is 3. The maximum atomic E-state index is 5.17. The summed E-state index contributed by atoms with van der Waals surface area (Å²) < 4.78 is 2.15. The van der Waals surface area contributed by atoms with Crippen molar-refractivity contribution in [3.8, 4) is 12.3 Å². The lowest BCUT2D eigenvalue weighted by atomic mass is 10.4. The molecule has 0 aromatic carbocycles. The minimum atomic E-state index is 0. The summed E-state index contributed by atoms with van der Waals surface area (Å²) in [6.45, 7) is 2.07. The summed E-state index contributed by atoms with van der Waals surface area (Å²) in [7, 11) is 1.71. The van der Waals surface area contributed by atoms with Crippen molar-refractivity contribution in [1.82, 2.24) is 25.4 Å². The number of halogens is 1. The van der Waals surface area contributed by atoms with Crippen LogP contribution < -0.4 is 10.6 Å². The van der Waals surface area contributed by atoms with Crippen molar-refractivity contribution in [3.63, 3.8) is 0 Å². The molecular weight excluding hydrogens is 343 g/mol. The molecule has 0 radical (unpaired) electrons. The highest BCUT2D eigenvalue weighted by atomic mass is 127. The van der Waals surface area contributed by atoms with E-state index in [1.807, 2.05) is 0 Å². The largest absolute Gasteiger partial charge is 0.349 e. The topological polar surface area (TPSA) is 67.1 Å². The fraction of sp³-hybridized carbons (Fsp3) is 0.545. The van der Waals surface area contributed by atoms with Crippen molar-refractivity contribution in [2.24, 2.45) is 4.99 Å². The third-order valence-electron chi connectivity index (χ3n) is 2.68. The third-order valence-corrected chi connectivity index (χ3v) is 2.68. The Bertz CT molecular complexity index is 459. The van der Waals surface area contributed by atoms with Gasteiger partial charge >= 0.3 is 0 Å². The first-order valence-electron chi connectivity index (χ1n) is 5.64. The van der Waals surface area contributed by atoms with Gasteiger partial charge in [-0.1, -0.05) is 5.92 Å². The number of terminal acetylenes is 1. The number of aryl methyl sites for hydroxylation is 1. The summed E-state index contributed by atoms with van der Waals surface area (Å²) in [5, 5.41) is 14.4. The predicted molar refractivity (Wildman–Crippen MR) is 80.8 cm³/mol. The first kappa shape index (κ1) is 14.8. The van der Waals surface area contributed by atoms with Gasteiger partial charge in [-0.3, -0.25) is 4.99 Å². The van der Waals surface area contributed by atoms with Crippen molar-refractivity contribution in [3.05, 3.63) is 11.6 Å². The summed E-state index contributed by atoms with van der Waals surface area (Å²) in [5.41, 5.74) is 0. The van der Waals surface area contributed by atoms with Crippen LogP contribution in [-0.2, 0) is 19.5 Å². The normalized spacial score (nSPS) is 13.4. The first-order valence-corrected chi connectivity index (χ1v) is 5.64.